The first-order chi connectivity index (χ1) is 8.08. The van der Waals surface area contributed by atoms with Gasteiger partial charge < -0.3 is 13.6 Å². The topological polar surface area (TPSA) is 75.6 Å². The molecule has 1 heterocycles. The Kier molecular flexibility index (Phi) is 8.41. The van der Waals surface area contributed by atoms with Crippen LogP contribution in [0.25, 0.3) is 11.0 Å². The number of fused-ring (bicyclic) bond motifs is 1. The van der Waals surface area contributed by atoms with Gasteiger partial charge in [-0.05, 0) is 25.1 Å². The summed E-state index contributed by atoms with van der Waals surface area (Å²) in [7, 11) is 4.15. The summed E-state index contributed by atoms with van der Waals surface area (Å²) in [6, 6.07) is 5.74. The molecule has 7 heteroatoms. The van der Waals surface area contributed by atoms with Crippen molar-refractivity contribution in [3.63, 3.8) is 0 Å². The maximum Gasteiger partial charge on any atom is 1.00 e. The van der Waals surface area contributed by atoms with E-state index in [1.165, 1.54) is 5.97 Å². The Labute approximate surface area is 138 Å². The molecule has 1 aromatic carbocycles. The van der Waals surface area contributed by atoms with Crippen molar-refractivity contribution in [3.05, 3.63) is 34.6 Å². The van der Waals surface area contributed by atoms with E-state index in [9.17, 15) is 0 Å². The summed E-state index contributed by atoms with van der Waals surface area (Å²) in [5.74, 6) is 1.25. The Morgan fingerprint density at radius 3 is 2.61 bits per heavy atom. The van der Waals surface area contributed by atoms with Gasteiger partial charge >= 0.3 is 29.6 Å². The van der Waals surface area contributed by atoms with Crippen LogP contribution in [0.2, 0.25) is 0 Å². The average Bonchev–Trinajstić information content (AvgIpc) is 2.29. The molecule has 1 atom stereocenters. The maximum absolute atomic E-state index is 7.10. The number of rotatable bonds is 1. The van der Waals surface area contributed by atoms with Crippen molar-refractivity contribution in [1.29, 1.82) is 5.26 Å². The first kappa shape index (κ1) is 17.6. The fourth-order valence-electron chi connectivity index (χ4n) is 1.22. The van der Waals surface area contributed by atoms with Crippen LogP contribution < -0.4 is 35.3 Å². The molecule has 0 aliphatic heterocycles. The molecule has 18 heavy (non-hydrogen) atoms. The van der Waals surface area contributed by atoms with Crippen molar-refractivity contribution in [2.45, 2.75) is 13.0 Å². The van der Waals surface area contributed by atoms with E-state index in [4.69, 9.17) is 11.0 Å². The first-order valence-electron chi connectivity index (χ1n) is 4.86. The zero-order chi connectivity index (χ0) is 12.8. The molecule has 4 nitrogen and oxygen atoms in total. The molecular weight excluding hydrogens is 302 g/mol. The van der Waals surface area contributed by atoms with E-state index in [2.05, 4.69) is 33.7 Å². The molecule has 0 amide bonds. The number of nitriles is 1. The smallest absolute Gasteiger partial charge is 0.466 e. The predicted molar refractivity (Wildman–Crippen MR) is 71.2 cm³/mol. The van der Waals surface area contributed by atoms with E-state index in [-0.39, 0.29) is 35.6 Å². The van der Waals surface area contributed by atoms with Crippen LogP contribution in [-0.4, -0.2) is 17.8 Å². The second kappa shape index (κ2) is 8.62. The maximum atomic E-state index is 7.10. The molecule has 2 rings (SSSR count). The standard InChI is InChI=1S/C10H10BrN3.CBN.Na/c1-6(12)10-5-13-8-3-2-7(11)4-9(8)14-10;2-1-3;/h2-6H,12H2,1H3;;/q;-1;+1. The number of aromatic nitrogens is 2. The minimum Gasteiger partial charge on any atom is -0.466 e. The van der Waals surface area contributed by atoms with Gasteiger partial charge in [0.1, 0.15) is 0 Å². The number of nitrogens with zero attached hydrogens (tertiary/aromatic N) is 3. The Morgan fingerprint density at radius 2 is 2.06 bits per heavy atom. The quantitative estimate of drug-likeness (QED) is 0.689. The molecule has 1 unspecified atom stereocenters. The van der Waals surface area contributed by atoms with Crippen LogP contribution in [-0.2, 0) is 0 Å². The van der Waals surface area contributed by atoms with Gasteiger partial charge in [0.2, 0.25) is 0 Å². The fraction of sp³-hybridized carbons (Fsp3) is 0.182. The summed E-state index contributed by atoms with van der Waals surface area (Å²) in [4.78, 5) is 8.70. The van der Waals surface area contributed by atoms with Crippen molar-refractivity contribution in [1.82, 2.24) is 9.97 Å². The van der Waals surface area contributed by atoms with E-state index < -0.39 is 0 Å². The third-order valence-electron chi connectivity index (χ3n) is 1.99. The van der Waals surface area contributed by atoms with Crippen LogP contribution in [0.3, 0.4) is 0 Å². The zero-order valence-electron chi connectivity index (χ0n) is 10.3. The van der Waals surface area contributed by atoms with Gasteiger partial charge in [-0.2, -0.15) is 0 Å². The molecule has 0 aliphatic carbocycles. The molecule has 0 saturated carbocycles. The Morgan fingerprint density at radius 1 is 1.44 bits per heavy atom. The monoisotopic (exact) mass is 311 g/mol. The van der Waals surface area contributed by atoms with Gasteiger partial charge in [-0.1, -0.05) is 15.9 Å². The summed E-state index contributed by atoms with van der Waals surface area (Å²) < 4.78 is 1.00. The Balaban J connectivity index is 0.000000660. The summed E-state index contributed by atoms with van der Waals surface area (Å²) in [6.07, 6.45) is 1.72. The summed E-state index contributed by atoms with van der Waals surface area (Å²) in [5, 5.41) is 7.10. The van der Waals surface area contributed by atoms with E-state index >= 15 is 0 Å². The van der Waals surface area contributed by atoms with Gasteiger partial charge in [0, 0.05) is 10.5 Å². The zero-order valence-corrected chi connectivity index (χ0v) is 13.8. The Hall–Kier alpha value is -0.445. The molecular formula is C11H10BBrN4Na. The van der Waals surface area contributed by atoms with Gasteiger partial charge in [-0.25, -0.2) is 4.98 Å². The number of benzene rings is 1. The average molecular weight is 312 g/mol. The molecule has 0 bridgehead atoms. The SMILES string of the molecule is CC(N)c1cnc2ccc(Br)cc2n1.[B-]C#N.[Na+]. The number of nitrogens with two attached hydrogens (primary N) is 1. The molecule has 85 valence electrons. The van der Waals surface area contributed by atoms with Gasteiger partial charge in [0.05, 0.1) is 22.9 Å². The van der Waals surface area contributed by atoms with Crippen molar-refractivity contribution in [3.8, 4) is 5.97 Å². The van der Waals surface area contributed by atoms with Crippen molar-refractivity contribution in [2.24, 2.45) is 5.73 Å². The van der Waals surface area contributed by atoms with Crippen LogP contribution >= 0.6 is 15.9 Å². The fourth-order valence-corrected chi connectivity index (χ4v) is 1.57. The third-order valence-corrected chi connectivity index (χ3v) is 2.48. The summed E-state index contributed by atoms with van der Waals surface area (Å²) >= 11 is 3.39. The molecule has 0 fully saturated rings. The van der Waals surface area contributed by atoms with E-state index in [0.29, 0.717) is 0 Å². The molecule has 0 saturated heterocycles. The van der Waals surface area contributed by atoms with Crippen molar-refractivity contribution < 1.29 is 29.6 Å². The minimum atomic E-state index is -0.0779. The van der Waals surface area contributed by atoms with Gasteiger partial charge in [-0.3, -0.25) is 16.2 Å². The van der Waals surface area contributed by atoms with Gasteiger partial charge in [0.25, 0.3) is 0 Å². The molecule has 0 aliphatic rings. The van der Waals surface area contributed by atoms with Crippen molar-refractivity contribution in [2.75, 3.05) is 0 Å². The van der Waals surface area contributed by atoms with Crippen LogP contribution in [0, 0.1) is 11.2 Å². The molecule has 2 aromatic rings. The van der Waals surface area contributed by atoms with E-state index in [1.807, 2.05) is 25.1 Å². The molecule has 2 N–H and O–H groups in total. The van der Waals surface area contributed by atoms with Crippen LogP contribution in [0.15, 0.2) is 28.9 Å². The number of hydrogen-bond donors (Lipinski definition) is 1. The van der Waals surface area contributed by atoms with E-state index in [1.54, 1.807) is 6.20 Å². The Bertz CT molecular complexity index is 556. The summed E-state index contributed by atoms with van der Waals surface area (Å²) in [5.41, 5.74) is 8.30. The van der Waals surface area contributed by atoms with E-state index in [0.717, 1.165) is 21.2 Å². The van der Waals surface area contributed by atoms with Crippen LogP contribution in [0.5, 0.6) is 0 Å². The van der Waals surface area contributed by atoms with Gasteiger partial charge in [0.15, 0.2) is 0 Å². The summed E-state index contributed by atoms with van der Waals surface area (Å²) in [6.45, 7) is 1.90. The second-order valence-electron chi connectivity index (χ2n) is 3.35. The number of hydrogen-bond acceptors (Lipinski definition) is 4. The molecule has 0 spiro atoms. The minimum absolute atomic E-state index is 0. The predicted octanol–water partition coefficient (Wildman–Crippen LogP) is -0.948. The third kappa shape index (κ3) is 5.05. The normalized spacial score (nSPS) is 10.6. The second-order valence-corrected chi connectivity index (χ2v) is 4.26. The largest absolute Gasteiger partial charge is 1.00 e. The first-order valence-corrected chi connectivity index (χ1v) is 5.65. The van der Waals surface area contributed by atoms with Crippen LogP contribution in [0.1, 0.15) is 18.7 Å². The number of halogens is 1. The molecule has 1 aromatic heterocycles. The van der Waals surface area contributed by atoms with Gasteiger partial charge in [-0.15, -0.1) is 0 Å². The van der Waals surface area contributed by atoms with Crippen molar-refractivity contribution >= 4 is 34.8 Å². The molecule has 3 radical (unpaired) electrons. The van der Waals surface area contributed by atoms with Crippen LogP contribution in [0.4, 0.5) is 0 Å².